The largest absolute Gasteiger partial charge is 0.471 e. The van der Waals surface area contributed by atoms with Crippen molar-refractivity contribution in [3.63, 3.8) is 0 Å². The number of thiazole rings is 1. The maximum Gasteiger partial charge on any atom is 0.471 e. The van der Waals surface area contributed by atoms with Gasteiger partial charge in [0, 0.05) is 31.0 Å². The lowest BCUT2D eigenvalue weighted by Crippen LogP contribution is -2.43. The van der Waals surface area contributed by atoms with Crippen LogP contribution in [0.4, 0.5) is 18.9 Å². The highest BCUT2D eigenvalue weighted by atomic mass is 32.1. The number of nitrogens with one attached hydrogen (secondary N) is 2. The van der Waals surface area contributed by atoms with E-state index in [0.717, 1.165) is 37.4 Å². The van der Waals surface area contributed by atoms with Crippen molar-refractivity contribution in [3.05, 3.63) is 35.5 Å². The number of alkyl halides is 3. The summed E-state index contributed by atoms with van der Waals surface area (Å²) in [6, 6.07) is 6.13. The molecule has 148 valence electrons. The van der Waals surface area contributed by atoms with Gasteiger partial charge in [0.25, 0.3) is 5.91 Å². The van der Waals surface area contributed by atoms with Gasteiger partial charge in [-0.25, -0.2) is 4.98 Å². The minimum absolute atomic E-state index is 0.0234. The lowest BCUT2D eigenvalue weighted by molar-refractivity contribution is -0.167. The van der Waals surface area contributed by atoms with E-state index in [-0.39, 0.29) is 17.6 Å². The minimum atomic E-state index is -4.96. The van der Waals surface area contributed by atoms with Crippen molar-refractivity contribution in [1.82, 2.24) is 15.2 Å². The molecular weight excluding hydrogens is 393 g/mol. The molecule has 10 heteroatoms. The summed E-state index contributed by atoms with van der Waals surface area (Å²) >= 11 is 1.16. The number of amides is 2. The van der Waals surface area contributed by atoms with Crippen LogP contribution in [0, 0.1) is 5.92 Å². The van der Waals surface area contributed by atoms with E-state index in [1.54, 1.807) is 6.07 Å². The van der Waals surface area contributed by atoms with Crippen molar-refractivity contribution in [2.45, 2.75) is 18.6 Å². The summed E-state index contributed by atoms with van der Waals surface area (Å²) in [6.45, 7) is 2.96. The van der Waals surface area contributed by atoms with E-state index in [1.807, 2.05) is 5.32 Å². The molecule has 2 unspecified atom stereocenters. The lowest BCUT2D eigenvalue weighted by Gasteiger charge is -2.22. The van der Waals surface area contributed by atoms with E-state index in [2.05, 4.69) is 15.2 Å². The first-order chi connectivity index (χ1) is 13.3. The van der Waals surface area contributed by atoms with E-state index in [9.17, 15) is 22.8 Å². The topological polar surface area (TPSA) is 74.3 Å². The zero-order chi connectivity index (χ0) is 19.9. The predicted molar refractivity (Wildman–Crippen MR) is 98.0 cm³/mol. The molecule has 2 saturated heterocycles. The fourth-order valence-electron chi connectivity index (χ4n) is 3.64. The number of hydrogen-bond donors (Lipinski definition) is 2. The van der Waals surface area contributed by atoms with Gasteiger partial charge in [-0.2, -0.15) is 13.2 Å². The summed E-state index contributed by atoms with van der Waals surface area (Å²) in [6.07, 6.45) is -2.36. The van der Waals surface area contributed by atoms with E-state index in [4.69, 9.17) is 0 Å². The van der Waals surface area contributed by atoms with Crippen molar-refractivity contribution >= 4 is 28.8 Å². The maximum atomic E-state index is 12.5. The highest BCUT2D eigenvalue weighted by Crippen LogP contribution is 2.30. The van der Waals surface area contributed by atoms with Crippen LogP contribution in [0.15, 0.2) is 30.5 Å². The molecular formula is C18H17F3N4O2S. The summed E-state index contributed by atoms with van der Waals surface area (Å²) in [5.41, 5.74) is 0.595. The molecule has 6 nitrogen and oxygen atoms in total. The SMILES string of the molecule is O=C(NC1CN2CC[C@H]1C2)c1ncc(-c2cccc(NC(=O)C(F)(F)F)c2)s1. The Morgan fingerprint density at radius 2 is 2.07 bits per heavy atom. The third kappa shape index (κ3) is 3.88. The third-order valence-corrected chi connectivity index (χ3v) is 6.06. The molecule has 2 N–H and O–H groups in total. The van der Waals surface area contributed by atoms with E-state index in [1.165, 1.54) is 24.4 Å². The zero-order valence-corrected chi connectivity index (χ0v) is 15.4. The van der Waals surface area contributed by atoms with Crippen molar-refractivity contribution < 1.29 is 22.8 Å². The molecule has 2 aliphatic heterocycles. The van der Waals surface area contributed by atoms with E-state index < -0.39 is 12.1 Å². The Hall–Kier alpha value is -2.46. The first-order valence-corrected chi connectivity index (χ1v) is 9.59. The van der Waals surface area contributed by atoms with Crippen LogP contribution in [0.25, 0.3) is 10.4 Å². The average molecular weight is 410 g/mol. The molecule has 1 aromatic heterocycles. The van der Waals surface area contributed by atoms with Crippen LogP contribution < -0.4 is 10.6 Å². The first-order valence-electron chi connectivity index (χ1n) is 8.77. The lowest BCUT2D eigenvalue weighted by atomic mass is 10.0. The molecule has 0 radical (unpaired) electrons. The molecule has 4 rings (SSSR count). The van der Waals surface area contributed by atoms with E-state index in [0.29, 0.717) is 21.4 Å². The predicted octanol–water partition coefficient (Wildman–Crippen LogP) is 2.74. The van der Waals surface area contributed by atoms with Gasteiger partial charge in [0.05, 0.1) is 4.88 Å². The molecule has 0 aliphatic carbocycles. The summed E-state index contributed by atoms with van der Waals surface area (Å²) < 4.78 is 37.2. The normalized spacial score (nSPS) is 23.6. The van der Waals surface area contributed by atoms with Gasteiger partial charge in [0.1, 0.15) is 0 Å². The number of carbonyl (C=O) groups excluding carboxylic acids is 2. The molecule has 3 atom stereocenters. The van der Waals surface area contributed by atoms with Crippen LogP contribution in [0.1, 0.15) is 16.2 Å². The van der Waals surface area contributed by atoms with Crippen LogP contribution in [-0.4, -0.2) is 53.6 Å². The second-order valence-electron chi connectivity index (χ2n) is 6.95. The summed E-state index contributed by atoms with van der Waals surface area (Å²) in [7, 11) is 0. The number of piperidine rings is 1. The van der Waals surface area contributed by atoms with Gasteiger partial charge < -0.3 is 15.5 Å². The number of aromatic nitrogens is 1. The number of halogens is 3. The number of nitrogens with zero attached hydrogens (tertiary/aromatic N) is 2. The van der Waals surface area contributed by atoms with Crippen molar-refractivity contribution in [2.24, 2.45) is 5.92 Å². The van der Waals surface area contributed by atoms with E-state index >= 15 is 0 Å². The van der Waals surface area contributed by atoms with Crippen LogP contribution in [0.2, 0.25) is 0 Å². The maximum absolute atomic E-state index is 12.5. The molecule has 2 amide bonds. The Labute approximate surface area is 162 Å². The molecule has 28 heavy (non-hydrogen) atoms. The van der Waals surface area contributed by atoms with Gasteiger partial charge in [-0.05, 0) is 36.6 Å². The van der Waals surface area contributed by atoms with Crippen molar-refractivity contribution in [1.29, 1.82) is 0 Å². The standard InChI is InChI=1S/C18H17F3N4O2S/c19-18(20,21)17(27)23-12-3-1-2-10(6-12)14-7-22-16(28-14)15(26)24-13-9-25-5-4-11(13)8-25/h1-3,6-7,11,13H,4-5,8-9H2,(H,23,27)(H,24,26)/t11-,13?/m0/s1. The van der Waals surface area contributed by atoms with Gasteiger partial charge in [-0.1, -0.05) is 12.1 Å². The van der Waals surface area contributed by atoms with Crippen molar-refractivity contribution in [3.8, 4) is 10.4 Å². The monoisotopic (exact) mass is 410 g/mol. The van der Waals surface area contributed by atoms with Gasteiger partial charge in [-0.15, -0.1) is 11.3 Å². The Morgan fingerprint density at radius 1 is 1.25 bits per heavy atom. The van der Waals surface area contributed by atoms with Crippen LogP contribution in [0.3, 0.4) is 0 Å². The van der Waals surface area contributed by atoms with Gasteiger partial charge in [0.15, 0.2) is 5.01 Å². The third-order valence-electron chi connectivity index (χ3n) is 5.01. The first kappa shape index (κ1) is 18.9. The molecule has 2 aromatic rings. The number of anilines is 1. The van der Waals surface area contributed by atoms with Gasteiger partial charge >= 0.3 is 12.1 Å². The smallest absolute Gasteiger partial charge is 0.346 e. The number of fused-ring (bicyclic) bond motifs is 2. The Balaban J connectivity index is 1.44. The molecule has 2 aliphatic rings. The molecule has 3 heterocycles. The summed E-state index contributed by atoms with van der Waals surface area (Å²) in [5, 5.41) is 5.16. The second kappa shape index (κ2) is 7.17. The number of carbonyl (C=O) groups is 2. The fourth-order valence-corrected chi connectivity index (χ4v) is 4.46. The second-order valence-corrected chi connectivity index (χ2v) is 7.98. The van der Waals surface area contributed by atoms with Gasteiger partial charge in [0.2, 0.25) is 0 Å². The number of hydrogen-bond acceptors (Lipinski definition) is 5. The number of rotatable bonds is 4. The molecule has 0 spiro atoms. The Bertz CT molecular complexity index is 914. The Morgan fingerprint density at radius 3 is 2.75 bits per heavy atom. The van der Waals surface area contributed by atoms with Crippen molar-refractivity contribution in [2.75, 3.05) is 25.0 Å². The van der Waals surface area contributed by atoms with Gasteiger partial charge in [-0.3, -0.25) is 9.59 Å². The molecule has 0 saturated carbocycles. The highest BCUT2D eigenvalue weighted by molar-refractivity contribution is 7.17. The highest BCUT2D eigenvalue weighted by Gasteiger charge is 2.39. The minimum Gasteiger partial charge on any atom is -0.346 e. The van der Waals surface area contributed by atoms with Crippen LogP contribution in [-0.2, 0) is 4.79 Å². The summed E-state index contributed by atoms with van der Waals surface area (Å²) in [5.74, 6) is -1.79. The molecule has 2 fully saturated rings. The Kier molecular flexibility index (Phi) is 4.84. The molecule has 2 bridgehead atoms. The fraction of sp³-hybridized carbons (Fsp3) is 0.389. The summed E-state index contributed by atoms with van der Waals surface area (Å²) in [4.78, 5) is 30.7. The number of benzene rings is 1. The zero-order valence-electron chi connectivity index (χ0n) is 14.6. The average Bonchev–Trinajstić information content (AvgIpc) is 3.38. The quantitative estimate of drug-likeness (QED) is 0.813. The van der Waals surface area contributed by atoms with Crippen LogP contribution >= 0.6 is 11.3 Å². The van der Waals surface area contributed by atoms with Crippen LogP contribution in [0.5, 0.6) is 0 Å². The molecule has 1 aromatic carbocycles.